The fourth-order valence-corrected chi connectivity index (χ4v) is 0.979. The lowest BCUT2D eigenvalue weighted by molar-refractivity contribution is 0.316. The number of ether oxygens (including phenoxy) is 1. The van der Waals surface area contributed by atoms with Gasteiger partial charge in [0.2, 0.25) is 0 Å². The number of epoxide rings is 1. The summed E-state index contributed by atoms with van der Waals surface area (Å²) in [5.74, 6) is 0. The van der Waals surface area contributed by atoms with Crippen LogP contribution >= 0.6 is 0 Å². The molecule has 1 saturated heterocycles. The molecule has 0 amide bonds. The van der Waals surface area contributed by atoms with Crippen LogP contribution in [0.15, 0.2) is 0 Å². The minimum Gasteiger partial charge on any atom is -0.428 e. The average molecular weight is 132 g/mol. The smallest absolute Gasteiger partial charge is 0.145 e. The lowest BCUT2D eigenvalue weighted by Gasteiger charge is -1.93. The molecule has 0 spiro atoms. The van der Waals surface area contributed by atoms with E-state index in [1.54, 1.807) is 0 Å². The standard InChI is InChI=1S/C5H12O2Si/c8-7-3-1-2-5-4-6-5/h5H,1-4H2,8H3. The molecule has 1 heterocycles. The largest absolute Gasteiger partial charge is 0.428 e. The van der Waals surface area contributed by atoms with Crippen LogP contribution in [0.2, 0.25) is 0 Å². The summed E-state index contributed by atoms with van der Waals surface area (Å²) in [5, 5.41) is 0. The van der Waals surface area contributed by atoms with Crippen LogP contribution in [0.4, 0.5) is 0 Å². The Kier molecular flexibility index (Phi) is 2.52. The van der Waals surface area contributed by atoms with Gasteiger partial charge in [0.1, 0.15) is 10.5 Å². The molecule has 0 aromatic rings. The van der Waals surface area contributed by atoms with Gasteiger partial charge in [0.05, 0.1) is 12.7 Å². The highest BCUT2D eigenvalue weighted by Gasteiger charge is 2.20. The van der Waals surface area contributed by atoms with Crippen molar-refractivity contribution in [3.8, 4) is 0 Å². The molecule has 0 aromatic heterocycles. The van der Waals surface area contributed by atoms with E-state index in [1.807, 2.05) is 0 Å². The highest BCUT2D eigenvalue weighted by molar-refractivity contribution is 5.97. The summed E-state index contributed by atoms with van der Waals surface area (Å²) < 4.78 is 10.0. The van der Waals surface area contributed by atoms with Crippen LogP contribution in [0.5, 0.6) is 0 Å². The predicted octanol–water partition coefficient (Wildman–Crippen LogP) is -0.538. The van der Waals surface area contributed by atoms with Crippen molar-refractivity contribution in [2.75, 3.05) is 13.2 Å². The van der Waals surface area contributed by atoms with Gasteiger partial charge in [-0.2, -0.15) is 0 Å². The summed E-state index contributed by atoms with van der Waals surface area (Å²) in [6, 6.07) is 0. The number of hydrogen-bond donors (Lipinski definition) is 0. The number of hydrogen-bond acceptors (Lipinski definition) is 2. The molecule has 2 nitrogen and oxygen atoms in total. The van der Waals surface area contributed by atoms with Gasteiger partial charge in [0.25, 0.3) is 0 Å². The molecule has 1 aliphatic heterocycles. The van der Waals surface area contributed by atoms with E-state index in [2.05, 4.69) is 0 Å². The second-order valence-corrected chi connectivity index (χ2v) is 2.67. The van der Waals surface area contributed by atoms with Crippen molar-refractivity contribution < 1.29 is 9.16 Å². The summed E-state index contributed by atoms with van der Waals surface area (Å²) >= 11 is 0. The second kappa shape index (κ2) is 3.22. The zero-order valence-corrected chi connectivity index (χ0v) is 7.22. The van der Waals surface area contributed by atoms with Gasteiger partial charge in [0, 0.05) is 6.61 Å². The first-order valence-corrected chi connectivity index (χ1v) is 3.85. The molecule has 0 bridgehead atoms. The summed E-state index contributed by atoms with van der Waals surface area (Å²) in [6.45, 7) is 1.92. The fraction of sp³-hybridized carbons (Fsp3) is 1.00. The van der Waals surface area contributed by atoms with Crippen molar-refractivity contribution in [1.29, 1.82) is 0 Å². The molecule has 0 aromatic carbocycles. The molecule has 1 fully saturated rings. The summed E-state index contributed by atoms with van der Waals surface area (Å²) in [6.07, 6.45) is 2.96. The Morgan fingerprint density at radius 3 is 3.00 bits per heavy atom. The molecule has 1 rings (SSSR count). The van der Waals surface area contributed by atoms with E-state index in [4.69, 9.17) is 9.16 Å². The van der Waals surface area contributed by atoms with Gasteiger partial charge in [0.15, 0.2) is 0 Å². The van der Waals surface area contributed by atoms with Gasteiger partial charge < -0.3 is 9.16 Å². The highest BCUT2D eigenvalue weighted by Crippen LogP contribution is 2.14. The lowest BCUT2D eigenvalue weighted by Crippen LogP contribution is -1.92. The molecule has 0 saturated carbocycles. The molecule has 0 N–H and O–H groups in total. The third-order valence-electron chi connectivity index (χ3n) is 1.28. The van der Waals surface area contributed by atoms with Crippen LogP contribution in [-0.2, 0) is 9.16 Å². The van der Waals surface area contributed by atoms with Crippen LogP contribution in [-0.4, -0.2) is 29.8 Å². The highest BCUT2D eigenvalue weighted by atomic mass is 28.2. The monoisotopic (exact) mass is 132 g/mol. The second-order valence-electron chi connectivity index (χ2n) is 2.09. The first-order valence-electron chi connectivity index (χ1n) is 3.04. The van der Waals surface area contributed by atoms with Crippen molar-refractivity contribution in [2.24, 2.45) is 0 Å². The lowest BCUT2D eigenvalue weighted by atomic mass is 10.3. The van der Waals surface area contributed by atoms with Crippen molar-refractivity contribution in [1.82, 2.24) is 0 Å². The topological polar surface area (TPSA) is 21.8 Å². The van der Waals surface area contributed by atoms with Gasteiger partial charge in [-0.05, 0) is 12.8 Å². The molecule has 0 radical (unpaired) electrons. The Hall–Kier alpha value is 0.137. The van der Waals surface area contributed by atoms with E-state index in [9.17, 15) is 0 Å². The van der Waals surface area contributed by atoms with Crippen molar-refractivity contribution in [3.63, 3.8) is 0 Å². The van der Waals surface area contributed by atoms with Crippen molar-refractivity contribution in [2.45, 2.75) is 18.9 Å². The minimum atomic E-state index is 0.590. The fourth-order valence-electron chi connectivity index (χ4n) is 0.690. The number of rotatable bonds is 4. The van der Waals surface area contributed by atoms with Gasteiger partial charge in [-0.25, -0.2) is 0 Å². The molecule has 48 valence electrons. The van der Waals surface area contributed by atoms with E-state index in [-0.39, 0.29) is 0 Å². The maximum atomic E-state index is 5.01. The van der Waals surface area contributed by atoms with E-state index in [1.165, 1.54) is 12.8 Å². The maximum absolute atomic E-state index is 5.01. The quantitative estimate of drug-likeness (QED) is 0.291. The molecule has 3 heteroatoms. The first-order chi connectivity index (χ1) is 3.93. The van der Waals surface area contributed by atoms with Crippen LogP contribution < -0.4 is 0 Å². The maximum Gasteiger partial charge on any atom is 0.145 e. The van der Waals surface area contributed by atoms with E-state index in [0.717, 1.165) is 23.7 Å². The normalized spacial score (nSPS) is 26.2. The summed E-state index contributed by atoms with van der Waals surface area (Å²) in [4.78, 5) is 0. The Balaban J connectivity index is 1.74. The molecule has 1 unspecified atom stereocenters. The van der Waals surface area contributed by atoms with Crippen molar-refractivity contribution in [3.05, 3.63) is 0 Å². The van der Waals surface area contributed by atoms with E-state index < -0.39 is 0 Å². The molecule has 8 heavy (non-hydrogen) atoms. The van der Waals surface area contributed by atoms with E-state index in [0.29, 0.717) is 6.10 Å². The van der Waals surface area contributed by atoms with Gasteiger partial charge >= 0.3 is 0 Å². The van der Waals surface area contributed by atoms with Gasteiger partial charge in [-0.1, -0.05) is 0 Å². The van der Waals surface area contributed by atoms with Gasteiger partial charge in [-0.15, -0.1) is 0 Å². The summed E-state index contributed by atoms with van der Waals surface area (Å²) in [5.41, 5.74) is 0. The third-order valence-corrected chi connectivity index (χ3v) is 1.69. The Labute approximate surface area is 52.7 Å². The van der Waals surface area contributed by atoms with Crippen LogP contribution in [0.1, 0.15) is 12.8 Å². The predicted molar refractivity (Wildman–Crippen MR) is 34.9 cm³/mol. The average Bonchev–Trinajstić information content (AvgIpc) is 2.51. The zero-order valence-electron chi connectivity index (χ0n) is 5.22. The third kappa shape index (κ3) is 2.45. The minimum absolute atomic E-state index is 0.590. The molecule has 0 aliphatic carbocycles. The van der Waals surface area contributed by atoms with E-state index >= 15 is 0 Å². The molecule has 1 aliphatic rings. The molecule has 1 atom stereocenters. The molecular weight excluding hydrogens is 120 g/mol. The first kappa shape index (κ1) is 6.26. The summed E-state index contributed by atoms with van der Waals surface area (Å²) in [7, 11) is 0.879. The Morgan fingerprint density at radius 1 is 1.75 bits per heavy atom. The van der Waals surface area contributed by atoms with Gasteiger partial charge in [-0.3, -0.25) is 0 Å². The van der Waals surface area contributed by atoms with Crippen LogP contribution in [0.25, 0.3) is 0 Å². The van der Waals surface area contributed by atoms with Crippen molar-refractivity contribution >= 4 is 10.5 Å². The SMILES string of the molecule is [SiH3]OCCCC1CO1. The van der Waals surface area contributed by atoms with Crippen LogP contribution in [0, 0.1) is 0 Å². The Morgan fingerprint density at radius 2 is 2.50 bits per heavy atom. The zero-order chi connectivity index (χ0) is 5.82. The Bertz CT molecular complexity index is 63.4. The molecular formula is C5H12O2Si. The van der Waals surface area contributed by atoms with Crippen LogP contribution in [0.3, 0.4) is 0 Å².